The van der Waals surface area contributed by atoms with Gasteiger partial charge in [0.25, 0.3) is 0 Å². The Labute approximate surface area is 171 Å². The van der Waals surface area contributed by atoms with Crippen molar-refractivity contribution < 1.29 is 9.59 Å². The number of amides is 2. The molecule has 0 radical (unpaired) electrons. The van der Waals surface area contributed by atoms with E-state index in [4.69, 9.17) is 11.6 Å². The van der Waals surface area contributed by atoms with E-state index in [1.165, 1.54) is 0 Å². The Balaban J connectivity index is 1.90. The van der Waals surface area contributed by atoms with E-state index < -0.39 is 0 Å². The summed E-state index contributed by atoms with van der Waals surface area (Å²) in [5, 5.41) is 0.649. The summed E-state index contributed by atoms with van der Waals surface area (Å²) in [6, 6.07) is 11.5. The van der Waals surface area contributed by atoms with Crippen LogP contribution in [0.2, 0.25) is 5.02 Å². The van der Waals surface area contributed by atoms with Gasteiger partial charge in [0.15, 0.2) is 0 Å². The van der Waals surface area contributed by atoms with E-state index >= 15 is 0 Å². The monoisotopic (exact) mass is 401 g/mol. The molecule has 0 fully saturated rings. The van der Waals surface area contributed by atoms with E-state index in [2.05, 4.69) is 18.4 Å². The van der Waals surface area contributed by atoms with Gasteiger partial charge in [0.2, 0.25) is 11.8 Å². The molecule has 5 nitrogen and oxygen atoms in total. The SMILES string of the molecule is CCC(=O)N(CC(=O)N1CCn2cccc2[C@@H]1c1cccc(Cl)c1)CC(C)C. The number of carbonyl (C=O) groups excluding carboxylic acids is 2. The summed E-state index contributed by atoms with van der Waals surface area (Å²) < 4.78 is 2.18. The van der Waals surface area contributed by atoms with Gasteiger partial charge >= 0.3 is 0 Å². The fourth-order valence-corrected chi connectivity index (χ4v) is 4.05. The molecular weight excluding hydrogens is 374 g/mol. The van der Waals surface area contributed by atoms with Gasteiger partial charge in [-0.05, 0) is 35.7 Å². The maximum atomic E-state index is 13.3. The van der Waals surface area contributed by atoms with Crippen LogP contribution in [0.5, 0.6) is 0 Å². The first kappa shape index (κ1) is 20.5. The molecule has 2 aromatic rings. The van der Waals surface area contributed by atoms with Crippen molar-refractivity contribution in [3.05, 3.63) is 58.9 Å². The lowest BCUT2D eigenvalue weighted by Gasteiger charge is -2.38. The minimum Gasteiger partial charge on any atom is -0.348 e. The van der Waals surface area contributed by atoms with Crippen molar-refractivity contribution in [2.75, 3.05) is 19.6 Å². The Bertz CT molecular complexity index is 846. The van der Waals surface area contributed by atoms with Gasteiger partial charge in [-0.25, -0.2) is 0 Å². The third kappa shape index (κ3) is 4.41. The van der Waals surface area contributed by atoms with Crippen LogP contribution in [-0.4, -0.2) is 45.8 Å². The maximum Gasteiger partial charge on any atom is 0.243 e. The van der Waals surface area contributed by atoms with Gasteiger partial charge in [0.05, 0.1) is 12.6 Å². The smallest absolute Gasteiger partial charge is 0.243 e. The van der Waals surface area contributed by atoms with Crippen LogP contribution in [0.1, 0.15) is 44.5 Å². The highest BCUT2D eigenvalue weighted by atomic mass is 35.5. The molecule has 1 aliphatic heterocycles. The molecule has 28 heavy (non-hydrogen) atoms. The van der Waals surface area contributed by atoms with Gasteiger partial charge in [-0.15, -0.1) is 0 Å². The molecule has 0 saturated carbocycles. The van der Waals surface area contributed by atoms with E-state index in [0.717, 1.165) is 17.8 Å². The zero-order chi connectivity index (χ0) is 20.3. The molecule has 1 atom stereocenters. The van der Waals surface area contributed by atoms with Crippen molar-refractivity contribution in [3.63, 3.8) is 0 Å². The third-order valence-electron chi connectivity index (χ3n) is 5.09. The van der Waals surface area contributed by atoms with Crippen molar-refractivity contribution in [3.8, 4) is 0 Å². The summed E-state index contributed by atoms with van der Waals surface area (Å²) in [6.07, 6.45) is 2.45. The van der Waals surface area contributed by atoms with Crippen LogP contribution in [0.25, 0.3) is 0 Å². The highest BCUT2D eigenvalue weighted by Gasteiger charge is 2.33. The lowest BCUT2D eigenvalue weighted by Crippen LogP contribution is -2.48. The summed E-state index contributed by atoms with van der Waals surface area (Å²) in [4.78, 5) is 29.2. The first-order valence-electron chi connectivity index (χ1n) is 9.88. The zero-order valence-corrected chi connectivity index (χ0v) is 17.5. The average Bonchev–Trinajstić information content (AvgIpc) is 3.14. The fraction of sp³-hybridized carbons (Fsp3) is 0.455. The van der Waals surface area contributed by atoms with E-state index in [-0.39, 0.29) is 24.4 Å². The second-order valence-corrected chi connectivity index (χ2v) is 8.13. The van der Waals surface area contributed by atoms with Crippen molar-refractivity contribution >= 4 is 23.4 Å². The highest BCUT2D eigenvalue weighted by molar-refractivity contribution is 6.30. The Morgan fingerprint density at radius 3 is 2.68 bits per heavy atom. The number of fused-ring (bicyclic) bond motifs is 1. The van der Waals surface area contributed by atoms with Crippen LogP contribution in [0.15, 0.2) is 42.6 Å². The summed E-state index contributed by atoms with van der Waals surface area (Å²) in [6.45, 7) is 8.01. The van der Waals surface area contributed by atoms with Gasteiger partial charge in [-0.2, -0.15) is 0 Å². The molecule has 0 unspecified atom stereocenters. The average molecular weight is 402 g/mol. The number of halogens is 1. The first-order valence-corrected chi connectivity index (χ1v) is 10.3. The second kappa shape index (κ2) is 8.82. The molecular formula is C22H28ClN3O2. The Morgan fingerprint density at radius 1 is 1.21 bits per heavy atom. The summed E-state index contributed by atoms with van der Waals surface area (Å²) in [7, 11) is 0. The van der Waals surface area contributed by atoms with Gasteiger partial charge < -0.3 is 14.4 Å². The van der Waals surface area contributed by atoms with Gasteiger partial charge in [-0.1, -0.05) is 44.5 Å². The third-order valence-corrected chi connectivity index (χ3v) is 5.32. The number of aromatic nitrogens is 1. The van der Waals surface area contributed by atoms with E-state index in [0.29, 0.717) is 30.5 Å². The minimum atomic E-state index is -0.201. The molecule has 3 rings (SSSR count). The molecule has 0 saturated heterocycles. The van der Waals surface area contributed by atoms with Gasteiger partial charge in [-0.3, -0.25) is 9.59 Å². The van der Waals surface area contributed by atoms with Crippen molar-refractivity contribution in [2.24, 2.45) is 5.92 Å². The van der Waals surface area contributed by atoms with Crippen molar-refractivity contribution in [1.82, 2.24) is 14.4 Å². The number of hydrogen-bond donors (Lipinski definition) is 0. The van der Waals surface area contributed by atoms with Gasteiger partial charge in [0, 0.05) is 43.0 Å². The van der Waals surface area contributed by atoms with E-state index in [1.54, 1.807) is 4.90 Å². The quantitative estimate of drug-likeness (QED) is 0.735. The lowest BCUT2D eigenvalue weighted by molar-refractivity contribution is -0.142. The van der Waals surface area contributed by atoms with Crippen molar-refractivity contribution in [1.29, 1.82) is 0 Å². The van der Waals surface area contributed by atoms with Gasteiger partial charge in [0.1, 0.15) is 0 Å². The molecule has 2 amide bonds. The molecule has 0 N–H and O–H groups in total. The number of hydrogen-bond acceptors (Lipinski definition) is 2. The summed E-state index contributed by atoms with van der Waals surface area (Å²) in [5.41, 5.74) is 2.05. The van der Waals surface area contributed by atoms with Crippen LogP contribution in [0, 0.1) is 5.92 Å². The molecule has 1 aromatic heterocycles. The molecule has 1 aromatic carbocycles. The number of carbonyl (C=O) groups is 2. The molecule has 150 valence electrons. The Kier molecular flexibility index (Phi) is 6.45. The Hall–Kier alpha value is -2.27. The lowest BCUT2D eigenvalue weighted by atomic mass is 9.99. The number of nitrogens with zero attached hydrogens (tertiary/aromatic N) is 3. The molecule has 6 heteroatoms. The van der Waals surface area contributed by atoms with Crippen LogP contribution in [0.4, 0.5) is 0 Å². The normalized spacial score (nSPS) is 16.2. The molecule has 0 aliphatic carbocycles. The molecule has 1 aliphatic rings. The fourth-order valence-electron chi connectivity index (χ4n) is 3.85. The minimum absolute atomic E-state index is 0.0155. The molecule has 0 bridgehead atoms. The Morgan fingerprint density at radius 2 is 2.00 bits per heavy atom. The summed E-state index contributed by atoms with van der Waals surface area (Å²) in [5.74, 6) is 0.298. The van der Waals surface area contributed by atoms with Crippen LogP contribution < -0.4 is 0 Å². The largest absolute Gasteiger partial charge is 0.348 e. The molecule has 2 heterocycles. The maximum absolute atomic E-state index is 13.3. The predicted octanol–water partition coefficient (Wildman–Crippen LogP) is 3.97. The van der Waals surface area contributed by atoms with E-state index in [1.807, 2.05) is 54.4 Å². The topological polar surface area (TPSA) is 45.6 Å². The first-order chi connectivity index (χ1) is 13.4. The highest BCUT2D eigenvalue weighted by Crippen LogP contribution is 2.33. The zero-order valence-electron chi connectivity index (χ0n) is 16.8. The van der Waals surface area contributed by atoms with Crippen LogP contribution >= 0.6 is 11.6 Å². The number of benzene rings is 1. The van der Waals surface area contributed by atoms with E-state index in [9.17, 15) is 9.59 Å². The predicted molar refractivity (Wildman–Crippen MR) is 111 cm³/mol. The second-order valence-electron chi connectivity index (χ2n) is 7.69. The standard InChI is InChI=1S/C22H28ClN3O2/c1-4-20(27)25(14-16(2)3)15-21(28)26-12-11-24-10-6-9-19(24)22(26)17-7-5-8-18(23)13-17/h5-10,13,16,22H,4,11-12,14-15H2,1-3H3/t22-/m0/s1. The molecule has 0 spiro atoms. The van der Waals surface area contributed by atoms with Crippen LogP contribution in [0.3, 0.4) is 0 Å². The van der Waals surface area contributed by atoms with Crippen LogP contribution in [-0.2, 0) is 16.1 Å². The number of rotatable bonds is 6. The summed E-state index contributed by atoms with van der Waals surface area (Å²) >= 11 is 6.23. The van der Waals surface area contributed by atoms with Crippen molar-refractivity contribution in [2.45, 2.75) is 39.8 Å².